The molecule has 0 radical (unpaired) electrons. The van der Waals surface area contributed by atoms with E-state index in [1.54, 1.807) is 13.8 Å². The van der Waals surface area contributed by atoms with Crippen LogP contribution in [-0.4, -0.2) is 18.6 Å². The molecule has 0 aliphatic heterocycles. The van der Waals surface area contributed by atoms with Crippen molar-refractivity contribution in [3.63, 3.8) is 0 Å². The summed E-state index contributed by atoms with van der Waals surface area (Å²) in [6, 6.07) is 2.49. The number of primary amides is 1. The van der Waals surface area contributed by atoms with E-state index in [1.807, 2.05) is 19.1 Å². The highest BCUT2D eigenvalue weighted by molar-refractivity contribution is 5.82. The highest BCUT2D eigenvalue weighted by Gasteiger charge is 2.31. The molecule has 1 aromatic rings. The summed E-state index contributed by atoms with van der Waals surface area (Å²) in [5.74, 6) is -0.820. The van der Waals surface area contributed by atoms with Gasteiger partial charge in [0.1, 0.15) is 6.04 Å². The van der Waals surface area contributed by atoms with Crippen LogP contribution in [0, 0.1) is 20.8 Å². The standard InChI is InChI=1S/C13H17F3N2O/c1-7-4-8(2)10(9(3)5-7)11(12(17)19)18-6-13(14,15)16/h4-5,11,18H,6H2,1-3H3,(H2,17,19). The van der Waals surface area contributed by atoms with Crippen LogP contribution in [0.4, 0.5) is 13.2 Å². The number of nitrogens with two attached hydrogens (primary N) is 1. The molecular weight excluding hydrogens is 257 g/mol. The molecule has 1 atom stereocenters. The molecule has 0 aliphatic rings. The van der Waals surface area contributed by atoms with Gasteiger partial charge < -0.3 is 5.73 Å². The van der Waals surface area contributed by atoms with Crippen LogP contribution in [-0.2, 0) is 4.79 Å². The summed E-state index contributed by atoms with van der Waals surface area (Å²) in [5.41, 5.74) is 8.20. The topological polar surface area (TPSA) is 55.1 Å². The van der Waals surface area contributed by atoms with Crippen molar-refractivity contribution in [2.75, 3.05) is 6.54 Å². The van der Waals surface area contributed by atoms with Gasteiger partial charge in [-0.05, 0) is 37.5 Å². The molecule has 19 heavy (non-hydrogen) atoms. The van der Waals surface area contributed by atoms with Gasteiger partial charge in [0.25, 0.3) is 0 Å². The zero-order valence-electron chi connectivity index (χ0n) is 11.1. The third-order valence-corrected chi connectivity index (χ3v) is 2.82. The fourth-order valence-corrected chi connectivity index (χ4v) is 2.21. The summed E-state index contributed by atoms with van der Waals surface area (Å²) in [5, 5.41) is 2.18. The van der Waals surface area contributed by atoms with E-state index >= 15 is 0 Å². The van der Waals surface area contributed by atoms with Gasteiger partial charge in [0.05, 0.1) is 6.54 Å². The lowest BCUT2D eigenvalue weighted by molar-refractivity contribution is -0.130. The molecule has 6 heteroatoms. The van der Waals surface area contributed by atoms with Gasteiger partial charge in [-0.2, -0.15) is 13.2 Å². The molecule has 0 fully saturated rings. The van der Waals surface area contributed by atoms with Crippen molar-refractivity contribution in [1.29, 1.82) is 0 Å². The Morgan fingerprint density at radius 2 is 1.74 bits per heavy atom. The molecule has 0 heterocycles. The molecule has 0 spiro atoms. The quantitative estimate of drug-likeness (QED) is 0.885. The lowest BCUT2D eigenvalue weighted by Gasteiger charge is -2.21. The molecule has 106 valence electrons. The van der Waals surface area contributed by atoms with Gasteiger partial charge in [-0.3, -0.25) is 10.1 Å². The summed E-state index contributed by atoms with van der Waals surface area (Å²) >= 11 is 0. The van der Waals surface area contributed by atoms with E-state index in [9.17, 15) is 18.0 Å². The van der Waals surface area contributed by atoms with Gasteiger partial charge in [-0.1, -0.05) is 17.7 Å². The molecule has 3 nitrogen and oxygen atoms in total. The molecule has 0 saturated carbocycles. The Morgan fingerprint density at radius 1 is 1.26 bits per heavy atom. The number of aryl methyl sites for hydroxylation is 3. The molecule has 1 amide bonds. The largest absolute Gasteiger partial charge is 0.401 e. The Balaban J connectivity index is 3.10. The summed E-state index contributed by atoms with van der Waals surface area (Å²) in [6.45, 7) is 4.13. The number of carbonyl (C=O) groups excluding carboxylic acids is 1. The van der Waals surface area contributed by atoms with Crippen LogP contribution >= 0.6 is 0 Å². The van der Waals surface area contributed by atoms with E-state index in [-0.39, 0.29) is 0 Å². The highest BCUT2D eigenvalue weighted by atomic mass is 19.4. The number of halogens is 3. The van der Waals surface area contributed by atoms with Crippen LogP contribution in [0.1, 0.15) is 28.3 Å². The van der Waals surface area contributed by atoms with Crippen molar-refractivity contribution in [3.05, 3.63) is 34.4 Å². The molecule has 1 rings (SSSR count). The molecule has 0 bridgehead atoms. The first-order valence-corrected chi connectivity index (χ1v) is 5.79. The smallest absolute Gasteiger partial charge is 0.368 e. The summed E-state index contributed by atoms with van der Waals surface area (Å²) in [7, 11) is 0. The number of amides is 1. The van der Waals surface area contributed by atoms with Crippen molar-refractivity contribution in [3.8, 4) is 0 Å². The van der Waals surface area contributed by atoms with Crippen LogP contribution in [0.15, 0.2) is 12.1 Å². The molecule has 0 aromatic heterocycles. The van der Waals surface area contributed by atoms with Gasteiger partial charge in [-0.25, -0.2) is 0 Å². The van der Waals surface area contributed by atoms with E-state index in [1.165, 1.54) is 0 Å². The Labute approximate surface area is 110 Å². The Morgan fingerprint density at radius 3 is 2.11 bits per heavy atom. The molecular formula is C13H17F3N2O. The lowest BCUT2D eigenvalue weighted by Crippen LogP contribution is -2.39. The Bertz CT molecular complexity index is 460. The molecule has 1 aromatic carbocycles. The fraction of sp³-hybridized carbons (Fsp3) is 0.462. The zero-order chi connectivity index (χ0) is 14.8. The second-order valence-electron chi connectivity index (χ2n) is 4.64. The summed E-state index contributed by atoms with van der Waals surface area (Å²) in [4.78, 5) is 11.4. The number of nitrogens with one attached hydrogen (secondary N) is 1. The Kier molecular flexibility index (Phi) is 4.57. The second-order valence-corrected chi connectivity index (χ2v) is 4.64. The van der Waals surface area contributed by atoms with Crippen LogP contribution in [0.3, 0.4) is 0 Å². The van der Waals surface area contributed by atoms with Crippen molar-refractivity contribution in [2.24, 2.45) is 5.73 Å². The Hall–Kier alpha value is -1.56. The van der Waals surface area contributed by atoms with Crippen molar-refractivity contribution in [1.82, 2.24) is 5.32 Å². The van der Waals surface area contributed by atoms with Crippen molar-refractivity contribution >= 4 is 5.91 Å². The van der Waals surface area contributed by atoms with E-state index < -0.39 is 24.7 Å². The predicted octanol–water partition coefficient (Wildman–Crippen LogP) is 2.29. The minimum atomic E-state index is -4.39. The fourth-order valence-electron chi connectivity index (χ4n) is 2.21. The number of rotatable bonds is 4. The van der Waals surface area contributed by atoms with Gasteiger partial charge in [0.15, 0.2) is 0 Å². The van der Waals surface area contributed by atoms with Gasteiger partial charge in [0.2, 0.25) is 5.91 Å². The van der Waals surface area contributed by atoms with E-state index in [0.717, 1.165) is 16.7 Å². The third-order valence-electron chi connectivity index (χ3n) is 2.82. The first-order chi connectivity index (χ1) is 8.61. The van der Waals surface area contributed by atoms with Crippen LogP contribution in [0.2, 0.25) is 0 Å². The predicted molar refractivity (Wildman–Crippen MR) is 66.6 cm³/mol. The number of alkyl halides is 3. The van der Waals surface area contributed by atoms with Crippen LogP contribution < -0.4 is 11.1 Å². The second kappa shape index (κ2) is 5.61. The van der Waals surface area contributed by atoms with Gasteiger partial charge >= 0.3 is 6.18 Å². The first kappa shape index (κ1) is 15.5. The van der Waals surface area contributed by atoms with Crippen LogP contribution in [0.25, 0.3) is 0 Å². The molecule has 3 N–H and O–H groups in total. The minimum absolute atomic E-state index is 0.516. The average molecular weight is 274 g/mol. The highest BCUT2D eigenvalue weighted by Crippen LogP contribution is 2.24. The maximum atomic E-state index is 12.2. The van der Waals surface area contributed by atoms with E-state index in [4.69, 9.17) is 5.73 Å². The monoisotopic (exact) mass is 274 g/mol. The van der Waals surface area contributed by atoms with E-state index in [0.29, 0.717) is 5.56 Å². The number of carbonyl (C=O) groups is 1. The number of benzene rings is 1. The van der Waals surface area contributed by atoms with Gasteiger partial charge in [0, 0.05) is 0 Å². The maximum Gasteiger partial charge on any atom is 0.401 e. The van der Waals surface area contributed by atoms with Crippen molar-refractivity contribution in [2.45, 2.75) is 33.0 Å². The minimum Gasteiger partial charge on any atom is -0.368 e. The summed E-state index contributed by atoms with van der Waals surface area (Å²) in [6.07, 6.45) is -4.39. The van der Waals surface area contributed by atoms with E-state index in [2.05, 4.69) is 5.32 Å². The number of hydrogen-bond acceptors (Lipinski definition) is 2. The first-order valence-electron chi connectivity index (χ1n) is 5.79. The van der Waals surface area contributed by atoms with Crippen LogP contribution in [0.5, 0.6) is 0 Å². The number of hydrogen-bond donors (Lipinski definition) is 2. The molecule has 0 aliphatic carbocycles. The van der Waals surface area contributed by atoms with Crippen molar-refractivity contribution < 1.29 is 18.0 Å². The lowest BCUT2D eigenvalue weighted by atomic mass is 9.93. The maximum absolute atomic E-state index is 12.2. The molecule has 0 saturated heterocycles. The normalized spacial score (nSPS) is 13.4. The average Bonchev–Trinajstić information content (AvgIpc) is 2.19. The summed E-state index contributed by atoms with van der Waals surface area (Å²) < 4.78 is 36.7. The van der Waals surface area contributed by atoms with Gasteiger partial charge in [-0.15, -0.1) is 0 Å². The molecule has 1 unspecified atom stereocenters. The third kappa shape index (κ3) is 4.24. The zero-order valence-corrected chi connectivity index (χ0v) is 11.1. The SMILES string of the molecule is Cc1cc(C)c(C(NCC(F)(F)F)C(N)=O)c(C)c1.